The zero-order chi connectivity index (χ0) is 14.9. The molecule has 5 heteroatoms. The van der Waals surface area contributed by atoms with Gasteiger partial charge in [-0.1, -0.05) is 24.3 Å². The van der Waals surface area contributed by atoms with E-state index in [1.807, 2.05) is 18.2 Å². The first kappa shape index (κ1) is 14.5. The van der Waals surface area contributed by atoms with Crippen LogP contribution in [0.5, 0.6) is 0 Å². The van der Waals surface area contributed by atoms with E-state index < -0.39 is 17.6 Å². The second-order valence-electron chi connectivity index (χ2n) is 5.56. The van der Waals surface area contributed by atoms with Crippen LogP contribution in [0.15, 0.2) is 24.3 Å². The number of rotatable bonds is 3. The molecule has 2 rings (SSSR count). The van der Waals surface area contributed by atoms with E-state index in [9.17, 15) is 14.7 Å². The minimum atomic E-state index is -0.989. The van der Waals surface area contributed by atoms with Gasteiger partial charge in [0, 0.05) is 6.54 Å². The number of amides is 1. The first-order valence-corrected chi connectivity index (χ1v) is 6.69. The summed E-state index contributed by atoms with van der Waals surface area (Å²) in [7, 11) is 1.70. The van der Waals surface area contributed by atoms with Crippen LogP contribution in [0.1, 0.15) is 31.0 Å². The Bertz CT molecular complexity index is 540. The summed E-state index contributed by atoms with van der Waals surface area (Å²) < 4.78 is 0. The molecule has 1 aliphatic heterocycles. The van der Waals surface area contributed by atoms with E-state index in [1.165, 1.54) is 4.90 Å². The molecule has 1 amide bonds. The molecule has 20 heavy (non-hydrogen) atoms. The summed E-state index contributed by atoms with van der Waals surface area (Å²) in [4.78, 5) is 25.7. The molecule has 1 heterocycles. The van der Waals surface area contributed by atoms with Crippen molar-refractivity contribution in [3.8, 4) is 0 Å². The van der Waals surface area contributed by atoms with Crippen LogP contribution in [0.4, 0.5) is 0 Å². The molecule has 0 bridgehead atoms. The first-order chi connectivity index (χ1) is 9.38. The standard InChI is InChI=1S/C15H20N2O3/c1-15(2,16-3)14(20)17-9-8-10-6-4-5-7-11(10)12(17)13(18)19/h4-7,12,16H,8-9H2,1-3H3,(H,18,19). The third-order valence-corrected chi connectivity index (χ3v) is 3.94. The third-order valence-electron chi connectivity index (χ3n) is 3.94. The first-order valence-electron chi connectivity index (χ1n) is 6.69. The number of fused-ring (bicyclic) bond motifs is 1. The molecule has 0 spiro atoms. The van der Waals surface area contributed by atoms with Gasteiger partial charge < -0.3 is 15.3 Å². The van der Waals surface area contributed by atoms with Crippen LogP contribution in [0.2, 0.25) is 0 Å². The van der Waals surface area contributed by atoms with Crippen LogP contribution in [0, 0.1) is 0 Å². The fraction of sp³-hybridized carbons (Fsp3) is 0.467. The van der Waals surface area contributed by atoms with E-state index in [4.69, 9.17) is 0 Å². The fourth-order valence-corrected chi connectivity index (χ4v) is 2.52. The molecule has 1 atom stereocenters. The van der Waals surface area contributed by atoms with Gasteiger partial charge in [0.2, 0.25) is 5.91 Å². The maximum Gasteiger partial charge on any atom is 0.331 e. The lowest BCUT2D eigenvalue weighted by molar-refractivity contribution is -0.153. The Morgan fingerprint density at radius 1 is 1.35 bits per heavy atom. The molecule has 0 fully saturated rings. The normalized spacial score (nSPS) is 18.6. The molecule has 5 nitrogen and oxygen atoms in total. The number of carbonyl (C=O) groups is 2. The van der Waals surface area contributed by atoms with Crippen molar-refractivity contribution < 1.29 is 14.7 Å². The van der Waals surface area contributed by atoms with E-state index >= 15 is 0 Å². The van der Waals surface area contributed by atoms with Crippen LogP contribution < -0.4 is 5.32 Å². The lowest BCUT2D eigenvalue weighted by Crippen LogP contribution is -2.56. The van der Waals surface area contributed by atoms with Crippen molar-refractivity contribution in [3.63, 3.8) is 0 Å². The highest BCUT2D eigenvalue weighted by molar-refractivity contribution is 5.90. The predicted molar refractivity (Wildman–Crippen MR) is 75.4 cm³/mol. The number of nitrogens with zero attached hydrogens (tertiary/aromatic N) is 1. The van der Waals surface area contributed by atoms with Gasteiger partial charge in [0.05, 0.1) is 5.54 Å². The van der Waals surface area contributed by atoms with Crippen molar-refractivity contribution in [1.82, 2.24) is 10.2 Å². The van der Waals surface area contributed by atoms with Crippen molar-refractivity contribution in [2.75, 3.05) is 13.6 Å². The summed E-state index contributed by atoms with van der Waals surface area (Å²) in [5, 5.41) is 12.5. The van der Waals surface area contributed by atoms with Crippen molar-refractivity contribution in [2.45, 2.75) is 31.8 Å². The minimum Gasteiger partial charge on any atom is -0.479 e. The van der Waals surface area contributed by atoms with Crippen LogP contribution in [0.25, 0.3) is 0 Å². The van der Waals surface area contributed by atoms with Gasteiger partial charge in [-0.2, -0.15) is 0 Å². The summed E-state index contributed by atoms with van der Waals surface area (Å²) in [5.74, 6) is -1.18. The van der Waals surface area contributed by atoms with E-state index in [1.54, 1.807) is 27.0 Å². The smallest absolute Gasteiger partial charge is 0.331 e. The molecule has 108 valence electrons. The molecule has 0 saturated heterocycles. The summed E-state index contributed by atoms with van der Waals surface area (Å²) in [6.45, 7) is 3.95. The molecular formula is C15H20N2O3. The second-order valence-corrected chi connectivity index (χ2v) is 5.56. The number of carboxylic acids is 1. The number of hydrogen-bond acceptors (Lipinski definition) is 3. The van der Waals surface area contributed by atoms with E-state index in [2.05, 4.69) is 5.32 Å². The van der Waals surface area contributed by atoms with Gasteiger partial charge >= 0.3 is 5.97 Å². The van der Waals surface area contributed by atoms with Gasteiger partial charge in [-0.3, -0.25) is 4.79 Å². The van der Waals surface area contributed by atoms with Crippen LogP contribution in [-0.4, -0.2) is 41.0 Å². The van der Waals surface area contributed by atoms with Crippen molar-refractivity contribution >= 4 is 11.9 Å². The quantitative estimate of drug-likeness (QED) is 0.870. The lowest BCUT2D eigenvalue weighted by Gasteiger charge is -2.39. The average molecular weight is 276 g/mol. The number of aliphatic carboxylic acids is 1. The van der Waals surface area contributed by atoms with E-state index in [0.29, 0.717) is 18.5 Å². The fourth-order valence-electron chi connectivity index (χ4n) is 2.52. The Labute approximate surface area is 118 Å². The largest absolute Gasteiger partial charge is 0.479 e. The van der Waals surface area contributed by atoms with Gasteiger partial charge in [0.15, 0.2) is 6.04 Å². The van der Waals surface area contributed by atoms with Gasteiger partial charge in [-0.15, -0.1) is 0 Å². The molecule has 1 aromatic carbocycles. The number of benzene rings is 1. The monoisotopic (exact) mass is 276 g/mol. The Morgan fingerprint density at radius 2 is 2.00 bits per heavy atom. The SMILES string of the molecule is CNC(C)(C)C(=O)N1CCc2ccccc2C1C(=O)O. The van der Waals surface area contributed by atoms with E-state index in [-0.39, 0.29) is 5.91 Å². The molecule has 0 saturated carbocycles. The highest BCUT2D eigenvalue weighted by Crippen LogP contribution is 2.31. The number of likely N-dealkylation sites (N-methyl/N-ethyl adjacent to an activating group) is 1. The third kappa shape index (κ3) is 2.41. The van der Waals surface area contributed by atoms with Crippen molar-refractivity contribution in [2.24, 2.45) is 0 Å². The molecule has 1 aromatic rings. The highest BCUT2D eigenvalue weighted by Gasteiger charge is 2.40. The maximum absolute atomic E-state index is 12.6. The van der Waals surface area contributed by atoms with Crippen LogP contribution >= 0.6 is 0 Å². The molecule has 1 aliphatic rings. The Balaban J connectivity index is 2.42. The molecule has 2 N–H and O–H groups in total. The highest BCUT2D eigenvalue weighted by atomic mass is 16.4. The predicted octanol–water partition coefficient (Wildman–Crippen LogP) is 1.19. The number of nitrogens with one attached hydrogen (secondary N) is 1. The van der Waals surface area contributed by atoms with Crippen LogP contribution in [0.3, 0.4) is 0 Å². The second kappa shape index (κ2) is 5.25. The summed E-state index contributed by atoms with van der Waals surface area (Å²) in [6, 6.07) is 6.52. The van der Waals surface area contributed by atoms with Crippen molar-refractivity contribution in [1.29, 1.82) is 0 Å². The number of carboxylic acid groups (broad SMARTS) is 1. The maximum atomic E-state index is 12.6. The average Bonchev–Trinajstić information content (AvgIpc) is 2.44. The minimum absolute atomic E-state index is 0.193. The van der Waals surface area contributed by atoms with Gasteiger partial charge in [0.25, 0.3) is 0 Å². The van der Waals surface area contributed by atoms with Gasteiger partial charge in [-0.25, -0.2) is 4.79 Å². The van der Waals surface area contributed by atoms with Crippen molar-refractivity contribution in [3.05, 3.63) is 35.4 Å². The van der Waals surface area contributed by atoms with Gasteiger partial charge in [0.1, 0.15) is 0 Å². The molecule has 1 unspecified atom stereocenters. The Kier molecular flexibility index (Phi) is 3.81. The van der Waals surface area contributed by atoms with E-state index in [0.717, 1.165) is 5.56 Å². The van der Waals surface area contributed by atoms with Crippen LogP contribution in [-0.2, 0) is 16.0 Å². The zero-order valence-electron chi connectivity index (χ0n) is 12.0. The molecule has 0 radical (unpaired) electrons. The summed E-state index contributed by atoms with van der Waals surface area (Å²) >= 11 is 0. The summed E-state index contributed by atoms with van der Waals surface area (Å²) in [5.41, 5.74) is 0.942. The number of hydrogen-bond donors (Lipinski definition) is 2. The zero-order valence-corrected chi connectivity index (χ0v) is 12.0. The molecule has 0 aromatic heterocycles. The lowest BCUT2D eigenvalue weighted by atomic mass is 9.90. The summed E-state index contributed by atoms with van der Waals surface area (Å²) in [6.07, 6.45) is 0.686. The Hall–Kier alpha value is -1.88. The number of carbonyl (C=O) groups excluding carboxylic acids is 1. The van der Waals surface area contributed by atoms with Gasteiger partial charge in [-0.05, 0) is 38.4 Å². The molecular weight excluding hydrogens is 256 g/mol. The molecule has 0 aliphatic carbocycles. The topological polar surface area (TPSA) is 69.6 Å². The Morgan fingerprint density at radius 3 is 2.60 bits per heavy atom.